The molecule has 0 saturated heterocycles. The second kappa shape index (κ2) is 8.27. The number of carbonyl (C=O) groups is 2. The lowest BCUT2D eigenvalue weighted by Crippen LogP contribution is -2.46. The van der Waals surface area contributed by atoms with Gasteiger partial charge in [-0.3, -0.25) is 14.4 Å². The summed E-state index contributed by atoms with van der Waals surface area (Å²) in [4.78, 5) is 41.0. The highest BCUT2D eigenvalue weighted by Gasteiger charge is 2.31. The van der Waals surface area contributed by atoms with Crippen LogP contribution in [0.1, 0.15) is 13.8 Å². The van der Waals surface area contributed by atoms with E-state index in [1.54, 1.807) is 45.2 Å². The summed E-state index contributed by atoms with van der Waals surface area (Å²) in [6, 6.07) is 6.94. The Kier molecular flexibility index (Phi) is 6.10. The molecule has 0 aliphatic heterocycles. The van der Waals surface area contributed by atoms with Crippen LogP contribution < -0.4 is 10.6 Å². The molecule has 1 aromatic carbocycles. The molecule has 2 aromatic rings. The quantitative estimate of drug-likeness (QED) is 0.538. The topological polar surface area (TPSA) is 90.7 Å². The smallest absolute Gasteiger partial charge is 0.322 e. The minimum atomic E-state index is -1.15. The molecule has 0 spiro atoms. The van der Waals surface area contributed by atoms with Crippen LogP contribution in [0.5, 0.6) is 0 Å². The van der Waals surface area contributed by atoms with Crippen molar-refractivity contribution < 1.29 is 19.1 Å². The van der Waals surface area contributed by atoms with Crippen LogP contribution in [0.3, 0.4) is 0 Å². The average molecular weight is 347 g/mol. The van der Waals surface area contributed by atoms with Crippen molar-refractivity contribution in [2.45, 2.75) is 13.8 Å². The highest BCUT2D eigenvalue weighted by molar-refractivity contribution is 5.95. The third kappa shape index (κ3) is 4.14. The summed E-state index contributed by atoms with van der Waals surface area (Å²) in [6.45, 7) is 3.53. The molecule has 134 valence electrons. The van der Waals surface area contributed by atoms with E-state index in [4.69, 9.17) is 9.47 Å². The predicted octanol–water partition coefficient (Wildman–Crippen LogP) is 0.707. The van der Waals surface area contributed by atoms with Gasteiger partial charge in [-0.15, -0.1) is 0 Å². The van der Waals surface area contributed by atoms with E-state index in [-0.39, 0.29) is 25.3 Å². The van der Waals surface area contributed by atoms with E-state index in [2.05, 4.69) is 4.98 Å². The van der Waals surface area contributed by atoms with Gasteiger partial charge in [0.25, 0.3) is 5.56 Å². The van der Waals surface area contributed by atoms with Crippen molar-refractivity contribution in [3.63, 3.8) is 0 Å². The van der Waals surface area contributed by atoms with Gasteiger partial charge in [0, 0.05) is 7.05 Å². The molecule has 0 aliphatic rings. The molecule has 0 N–H and O–H groups in total. The number of hydrogen-bond donors (Lipinski definition) is 0. The number of hydrogen-bond acceptors (Lipinski definition) is 7. The average Bonchev–Trinajstić information content (AvgIpc) is 2.60. The molecule has 0 amide bonds. The number of nitrogens with zero attached hydrogens (tertiary/aromatic N) is 3. The molecule has 2 rings (SSSR count). The van der Waals surface area contributed by atoms with Crippen molar-refractivity contribution in [2.24, 2.45) is 5.92 Å². The van der Waals surface area contributed by atoms with Crippen LogP contribution in [0.25, 0.3) is 10.9 Å². The molecule has 1 aromatic heterocycles. The number of carbonyl (C=O) groups excluding carboxylic acids is 2. The van der Waals surface area contributed by atoms with Crippen molar-refractivity contribution in [2.75, 3.05) is 31.8 Å². The molecule has 1 heterocycles. The Bertz CT molecular complexity index is 799. The first-order chi connectivity index (χ1) is 12.0. The van der Waals surface area contributed by atoms with Crippen LogP contribution in [-0.2, 0) is 19.1 Å². The Labute approximate surface area is 144 Å². The Morgan fingerprint density at radius 1 is 1.16 bits per heavy atom. The fraction of sp³-hybridized carbons (Fsp3) is 0.412. The molecule has 0 bridgehead atoms. The Hall–Kier alpha value is -2.90. The molecule has 0 fully saturated rings. The number of benzene rings is 1. The zero-order chi connectivity index (χ0) is 18.4. The van der Waals surface area contributed by atoms with E-state index >= 15 is 0 Å². The van der Waals surface area contributed by atoms with E-state index in [1.807, 2.05) is 0 Å². The van der Waals surface area contributed by atoms with E-state index in [9.17, 15) is 14.4 Å². The molecular formula is C17H21N3O5. The normalized spacial score (nSPS) is 10.7. The van der Waals surface area contributed by atoms with Crippen molar-refractivity contribution in [3.8, 4) is 0 Å². The van der Waals surface area contributed by atoms with E-state index < -0.39 is 17.9 Å². The van der Waals surface area contributed by atoms with Crippen LogP contribution in [0.2, 0.25) is 0 Å². The van der Waals surface area contributed by atoms with Crippen molar-refractivity contribution in [1.29, 1.82) is 0 Å². The van der Waals surface area contributed by atoms with Crippen molar-refractivity contribution in [1.82, 2.24) is 9.66 Å². The number of para-hydroxylation sites is 1. The number of ether oxygens (including phenoxy) is 2. The molecule has 8 nitrogen and oxygen atoms in total. The maximum Gasteiger partial charge on any atom is 0.322 e. The number of esters is 2. The fourth-order valence-electron chi connectivity index (χ4n) is 2.39. The lowest BCUT2D eigenvalue weighted by molar-refractivity contribution is -0.161. The van der Waals surface area contributed by atoms with Gasteiger partial charge in [0.2, 0.25) is 0 Å². The largest absolute Gasteiger partial charge is 0.465 e. The van der Waals surface area contributed by atoms with Gasteiger partial charge in [-0.25, -0.2) is 9.66 Å². The van der Waals surface area contributed by atoms with Crippen LogP contribution >= 0.6 is 0 Å². The maximum atomic E-state index is 12.6. The van der Waals surface area contributed by atoms with Gasteiger partial charge in [-0.1, -0.05) is 12.1 Å². The Balaban J connectivity index is 2.30. The van der Waals surface area contributed by atoms with E-state index in [1.165, 1.54) is 16.0 Å². The summed E-state index contributed by atoms with van der Waals surface area (Å²) in [5, 5.41) is 1.89. The summed E-state index contributed by atoms with van der Waals surface area (Å²) in [5.41, 5.74) is 0.282. The minimum Gasteiger partial charge on any atom is -0.465 e. The zero-order valence-corrected chi connectivity index (χ0v) is 14.5. The molecule has 25 heavy (non-hydrogen) atoms. The third-order valence-electron chi connectivity index (χ3n) is 3.61. The minimum absolute atomic E-state index is 0.0718. The van der Waals surface area contributed by atoms with Crippen molar-refractivity contribution >= 4 is 22.8 Å². The summed E-state index contributed by atoms with van der Waals surface area (Å²) in [7, 11) is 1.59. The lowest BCUT2D eigenvalue weighted by Gasteiger charge is -2.24. The molecule has 0 unspecified atom stereocenters. The summed E-state index contributed by atoms with van der Waals surface area (Å²) < 4.78 is 11.1. The fourth-order valence-corrected chi connectivity index (χ4v) is 2.39. The number of aromatic nitrogens is 2. The van der Waals surface area contributed by atoms with Crippen molar-refractivity contribution in [3.05, 3.63) is 40.9 Å². The predicted molar refractivity (Wildman–Crippen MR) is 91.8 cm³/mol. The highest BCUT2D eigenvalue weighted by atomic mass is 16.6. The monoisotopic (exact) mass is 347 g/mol. The van der Waals surface area contributed by atoms with Gasteiger partial charge < -0.3 is 14.5 Å². The molecule has 0 atom stereocenters. The van der Waals surface area contributed by atoms with Crippen LogP contribution in [0, 0.1) is 5.92 Å². The van der Waals surface area contributed by atoms with Gasteiger partial charge in [0.1, 0.15) is 6.33 Å². The highest BCUT2D eigenvalue weighted by Crippen LogP contribution is 2.08. The number of fused-ring (bicyclic) bond motifs is 1. The molecule has 0 radical (unpaired) electrons. The Morgan fingerprint density at radius 3 is 2.36 bits per heavy atom. The maximum absolute atomic E-state index is 12.6. The van der Waals surface area contributed by atoms with Gasteiger partial charge in [-0.2, -0.15) is 0 Å². The number of rotatable bonds is 7. The SMILES string of the molecule is CCOC(=O)C(CN(C)n1cnc2ccccc2c1=O)C(=O)OCC. The Morgan fingerprint density at radius 2 is 1.76 bits per heavy atom. The molecular weight excluding hydrogens is 326 g/mol. The van der Waals surface area contributed by atoms with Crippen LogP contribution in [-0.4, -0.2) is 48.4 Å². The molecule has 0 aliphatic carbocycles. The zero-order valence-electron chi connectivity index (χ0n) is 14.5. The van der Waals surface area contributed by atoms with Gasteiger partial charge in [-0.05, 0) is 26.0 Å². The first-order valence-corrected chi connectivity index (χ1v) is 8.00. The first-order valence-electron chi connectivity index (χ1n) is 8.00. The second-order valence-electron chi connectivity index (χ2n) is 5.31. The second-order valence-corrected chi connectivity index (χ2v) is 5.31. The van der Waals surface area contributed by atoms with Gasteiger partial charge >= 0.3 is 11.9 Å². The summed E-state index contributed by atoms with van der Waals surface area (Å²) in [6.07, 6.45) is 1.36. The summed E-state index contributed by atoms with van der Waals surface area (Å²) >= 11 is 0. The standard InChI is InChI=1S/C17H21N3O5/c1-4-24-16(22)13(17(23)25-5-2)10-19(3)20-11-18-14-9-7-6-8-12(14)15(20)21/h6-9,11,13H,4-5,10H2,1-3H3. The van der Waals surface area contributed by atoms with E-state index in [0.29, 0.717) is 10.9 Å². The first kappa shape index (κ1) is 18.4. The summed E-state index contributed by atoms with van der Waals surface area (Å²) in [5.74, 6) is -2.52. The van der Waals surface area contributed by atoms with Crippen LogP contribution in [0.4, 0.5) is 0 Å². The van der Waals surface area contributed by atoms with Gasteiger partial charge in [0.15, 0.2) is 5.92 Å². The van der Waals surface area contributed by atoms with Gasteiger partial charge in [0.05, 0.1) is 30.7 Å². The third-order valence-corrected chi connectivity index (χ3v) is 3.61. The molecule has 0 saturated carbocycles. The lowest BCUT2D eigenvalue weighted by atomic mass is 10.1. The molecule has 8 heteroatoms. The van der Waals surface area contributed by atoms with Crippen LogP contribution in [0.15, 0.2) is 35.4 Å². The van der Waals surface area contributed by atoms with E-state index in [0.717, 1.165) is 0 Å².